The van der Waals surface area contributed by atoms with Crippen LogP contribution in [0, 0.1) is 11.7 Å². The van der Waals surface area contributed by atoms with Crippen molar-refractivity contribution in [2.24, 2.45) is 5.92 Å². The van der Waals surface area contributed by atoms with E-state index in [9.17, 15) is 27.2 Å². The number of hydrogen-bond donors (Lipinski definition) is 0. The molecule has 1 aliphatic rings. The monoisotopic (exact) mass is 463 g/mol. The first-order valence-electron chi connectivity index (χ1n) is 10.6. The molecule has 0 aromatic heterocycles. The van der Waals surface area contributed by atoms with Gasteiger partial charge >= 0.3 is 12.1 Å². The standard InChI is InChI=1S/C25H25F4NO3/c1-15(2)14-33-24(32)23-16(3)30(13-18-6-4-5-7-21(18)26)22(31)12-20(23)17-8-10-19(11-9-17)25(27,28)29/h4-11,15,20H,12-14H2,1-3H3/t20-/m0/s1. The second-order valence-corrected chi connectivity index (χ2v) is 8.44. The second kappa shape index (κ2) is 9.77. The van der Waals surface area contributed by atoms with E-state index in [1.165, 1.54) is 29.2 Å². The summed E-state index contributed by atoms with van der Waals surface area (Å²) in [7, 11) is 0. The molecule has 0 fully saturated rings. The van der Waals surface area contributed by atoms with E-state index in [-0.39, 0.29) is 42.5 Å². The van der Waals surface area contributed by atoms with Gasteiger partial charge in [0, 0.05) is 23.6 Å². The minimum absolute atomic E-state index is 0.0686. The fraction of sp³-hybridized carbons (Fsp3) is 0.360. The van der Waals surface area contributed by atoms with E-state index < -0.39 is 29.4 Å². The summed E-state index contributed by atoms with van der Waals surface area (Å²) in [5.41, 5.74) is 0.351. The lowest BCUT2D eigenvalue weighted by molar-refractivity contribution is -0.141. The lowest BCUT2D eigenvalue weighted by atomic mass is 9.83. The third kappa shape index (κ3) is 5.61. The van der Waals surface area contributed by atoms with Gasteiger partial charge in [0.25, 0.3) is 0 Å². The molecule has 0 spiro atoms. The number of halogens is 4. The van der Waals surface area contributed by atoms with Crippen LogP contribution in [-0.4, -0.2) is 23.4 Å². The van der Waals surface area contributed by atoms with Crippen LogP contribution in [0.25, 0.3) is 0 Å². The molecule has 0 unspecified atom stereocenters. The Labute approximate surface area is 189 Å². The van der Waals surface area contributed by atoms with Gasteiger partial charge in [-0.05, 0) is 36.6 Å². The zero-order valence-corrected chi connectivity index (χ0v) is 18.6. The van der Waals surface area contributed by atoms with Crippen molar-refractivity contribution < 1.29 is 31.9 Å². The smallest absolute Gasteiger partial charge is 0.416 e. The zero-order chi connectivity index (χ0) is 24.3. The largest absolute Gasteiger partial charge is 0.462 e. The summed E-state index contributed by atoms with van der Waals surface area (Å²) in [5.74, 6) is -2.18. The summed E-state index contributed by atoms with van der Waals surface area (Å²) in [6.45, 7) is 5.39. The average molecular weight is 463 g/mol. The van der Waals surface area contributed by atoms with Crippen molar-refractivity contribution in [3.8, 4) is 0 Å². The summed E-state index contributed by atoms with van der Waals surface area (Å²) < 4.78 is 58.6. The van der Waals surface area contributed by atoms with Crippen LogP contribution in [0.3, 0.4) is 0 Å². The van der Waals surface area contributed by atoms with Crippen molar-refractivity contribution >= 4 is 11.9 Å². The third-order valence-electron chi connectivity index (χ3n) is 5.52. The van der Waals surface area contributed by atoms with Gasteiger partial charge in [0.2, 0.25) is 5.91 Å². The highest BCUT2D eigenvalue weighted by atomic mass is 19.4. The number of nitrogens with zero attached hydrogens (tertiary/aromatic N) is 1. The predicted octanol–water partition coefficient (Wildman–Crippen LogP) is 5.83. The molecule has 4 nitrogen and oxygen atoms in total. The van der Waals surface area contributed by atoms with Gasteiger partial charge in [0.05, 0.1) is 24.3 Å². The van der Waals surface area contributed by atoms with Crippen LogP contribution in [-0.2, 0) is 27.0 Å². The molecule has 0 N–H and O–H groups in total. The number of allylic oxidation sites excluding steroid dienone is 1. The summed E-state index contributed by atoms with van der Waals surface area (Å²) >= 11 is 0. The number of rotatable bonds is 6. The Morgan fingerprint density at radius 1 is 1.12 bits per heavy atom. The number of carbonyl (C=O) groups excluding carboxylic acids is 2. The first-order chi connectivity index (χ1) is 15.5. The summed E-state index contributed by atoms with van der Waals surface area (Å²) in [5, 5.41) is 0. The molecule has 0 aliphatic carbocycles. The Hall–Kier alpha value is -3.16. The van der Waals surface area contributed by atoms with E-state index in [0.29, 0.717) is 11.3 Å². The second-order valence-electron chi connectivity index (χ2n) is 8.44. The van der Waals surface area contributed by atoms with Crippen molar-refractivity contribution in [3.05, 3.63) is 82.3 Å². The predicted molar refractivity (Wildman–Crippen MR) is 114 cm³/mol. The lowest BCUT2D eigenvalue weighted by Crippen LogP contribution is -2.38. The maximum absolute atomic E-state index is 14.2. The molecule has 3 rings (SSSR count). The van der Waals surface area contributed by atoms with E-state index in [1.807, 2.05) is 13.8 Å². The number of carbonyl (C=O) groups is 2. The highest BCUT2D eigenvalue weighted by Crippen LogP contribution is 2.39. The fourth-order valence-electron chi connectivity index (χ4n) is 3.77. The van der Waals surface area contributed by atoms with Gasteiger partial charge in [0.1, 0.15) is 5.82 Å². The molecule has 0 bridgehead atoms. The number of hydrogen-bond acceptors (Lipinski definition) is 3. The normalized spacial score (nSPS) is 17.0. The van der Waals surface area contributed by atoms with Crippen LogP contribution < -0.4 is 0 Å². The van der Waals surface area contributed by atoms with Crippen LogP contribution >= 0.6 is 0 Å². The van der Waals surface area contributed by atoms with E-state index >= 15 is 0 Å². The molecule has 2 aromatic carbocycles. The number of alkyl halides is 3. The average Bonchev–Trinajstić information content (AvgIpc) is 2.75. The van der Waals surface area contributed by atoms with Crippen molar-refractivity contribution in [1.29, 1.82) is 0 Å². The Kier molecular flexibility index (Phi) is 7.25. The molecule has 0 radical (unpaired) electrons. The first kappa shape index (κ1) is 24.5. The number of esters is 1. The maximum Gasteiger partial charge on any atom is 0.416 e. The van der Waals surface area contributed by atoms with E-state index in [4.69, 9.17) is 4.74 Å². The highest BCUT2D eigenvalue weighted by Gasteiger charge is 2.38. The molecule has 0 saturated heterocycles. The van der Waals surface area contributed by atoms with Gasteiger partial charge in [-0.2, -0.15) is 13.2 Å². The number of benzene rings is 2. The lowest BCUT2D eigenvalue weighted by Gasteiger charge is -2.34. The van der Waals surface area contributed by atoms with Crippen molar-refractivity contribution in [1.82, 2.24) is 4.90 Å². The van der Waals surface area contributed by atoms with Crippen LogP contribution in [0.2, 0.25) is 0 Å². The number of amides is 1. The quantitative estimate of drug-likeness (QED) is 0.400. The van der Waals surface area contributed by atoms with E-state index in [1.54, 1.807) is 19.1 Å². The molecular formula is C25H25F4NO3. The molecule has 1 aliphatic heterocycles. The highest BCUT2D eigenvalue weighted by molar-refractivity contribution is 5.95. The third-order valence-corrected chi connectivity index (χ3v) is 5.52. The minimum atomic E-state index is -4.50. The van der Waals surface area contributed by atoms with Crippen LogP contribution in [0.1, 0.15) is 49.8 Å². The zero-order valence-electron chi connectivity index (χ0n) is 18.6. The van der Waals surface area contributed by atoms with Crippen LogP contribution in [0.5, 0.6) is 0 Å². The Bertz CT molecular complexity index is 1060. The summed E-state index contributed by atoms with van der Waals surface area (Å²) in [6.07, 6.45) is -4.65. The van der Waals surface area contributed by atoms with Crippen molar-refractivity contribution in [2.45, 2.75) is 45.8 Å². The molecule has 33 heavy (non-hydrogen) atoms. The van der Waals surface area contributed by atoms with Gasteiger partial charge in [-0.3, -0.25) is 4.79 Å². The van der Waals surface area contributed by atoms with Gasteiger partial charge in [-0.15, -0.1) is 0 Å². The topological polar surface area (TPSA) is 46.6 Å². The Morgan fingerprint density at radius 2 is 1.76 bits per heavy atom. The Balaban J connectivity index is 2.02. The van der Waals surface area contributed by atoms with E-state index in [0.717, 1.165) is 12.1 Å². The Morgan fingerprint density at radius 3 is 2.33 bits per heavy atom. The van der Waals surface area contributed by atoms with Crippen molar-refractivity contribution in [2.75, 3.05) is 6.61 Å². The molecule has 1 atom stereocenters. The molecule has 0 saturated carbocycles. The number of ether oxygens (including phenoxy) is 1. The minimum Gasteiger partial charge on any atom is -0.462 e. The summed E-state index contributed by atoms with van der Waals surface area (Å²) in [4.78, 5) is 27.3. The molecule has 1 amide bonds. The van der Waals surface area contributed by atoms with Gasteiger partial charge in [-0.25, -0.2) is 9.18 Å². The summed E-state index contributed by atoms with van der Waals surface area (Å²) in [6, 6.07) is 10.4. The maximum atomic E-state index is 14.2. The molecule has 1 heterocycles. The molecule has 8 heteroatoms. The van der Waals surface area contributed by atoms with Crippen molar-refractivity contribution in [3.63, 3.8) is 0 Å². The van der Waals surface area contributed by atoms with Crippen LogP contribution in [0.15, 0.2) is 59.8 Å². The van der Waals surface area contributed by atoms with Gasteiger partial charge < -0.3 is 9.64 Å². The molecule has 2 aromatic rings. The van der Waals surface area contributed by atoms with Gasteiger partial charge in [-0.1, -0.05) is 44.2 Å². The molecular weight excluding hydrogens is 438 g/mol. The van der Waals surface area contributed by atoms with E-state index in [2.05, 4.69) is 0 Å². The fourth-order valence-corrected chi connectivity index (χ4v) is 3.77. The first-order valence-corrected chi connectivity index (χ1v) is 10.6. The van der Waals surface area contributed by atoms with Crippen LogP contribution in [0.4, 0.5) is 17.6 Å². The van der Waals surface area contributed by atoms with Gasteiger partial charge in [0.15, 0.2) is 0 Å². The SMILES string of the molecule is CC1=C(C(=O)OCC(C)C)[C@H](c2ccc(C(F)(F)F)cc2)CC(=O)N1Cc1ccccc1F. The molecule has 176 valence electrons.